The van der Waals surface area contributed by atoms with Crippen molar-refractivity contribution in [2.24, 2.45) is 0 Å². The van der Waals surface area contributed by atoms with E-state index in [1.165, 1.54) is 0 Å². The third kappa shape index (κ3) is 2.54. The van der Waals surface area contributed by atoms with Crippen LogP contribution in [0.15, 0.2) is 24.3 Å². The van der Waals surface area contributed by atoms with Gasteiger partial charge in [-0.05, 0) is 23.8 Å². The first-order valence-electron chi connectivity index (χ1n) is 3.45. The van der Waals surface area contributed by atoms with Gasteiger partial charge in [0.05, 0.1) is 0 Å². The molecule has 0 aliphatic carbocycles. The summed E-state index contributed by atoms with van der Waals surface area (Å²) in [5.41, 5.74) is 0.830. The second-order valence-electron chi connectivity index (χ2n) is 2.26. The third-order valence-electron chi connectivity index (χ3n) is 1.37. The van der Waals surface area contributed by atoms with Gasteiger partial charge in [0, 0.05) is 10.4 Å². The summed E-state index contributed by atoms with van der Waals surface area (Å²) < 4.78 is 0. The Hall–Kier alpha value is -0.470. The molecular weight excluding hydrogens is 239 g/mol. The van der Waals surface area contributed by atoms with E-state index in [1.807, 2.05) is 12.2 Å². The molecule has 0 amide bonds. The van der Waals surface area contributed by atoms with E-state index in [4.69, 9.17) is 16.7 Å². The normalized spacial score (nSPS) is 10.8. The molecule has 1 aromatic rings. The zero-order valence-corrected chi connectivity index (χ0v) is 8.64. The number of hydrogen-bond acceptors (Lipinski definition) is 1. The van der Waals surface area contributed by atoms with Gasteiger partial charge in [0.1, 0.15) is 5.75 Å². The van der Waals surface area contributed by atoms with Crippen LogP contribution in [0.4, 0.5) is 0 Å². The molecule has 0 aliphatic heterocycles. The summed E-state index contributed by atoms with van der Waals surface area (Å²) in [6.45, 7) is 0. The van der Waals surface area contributed by atoms with Crippen molar-refractivity contribution in [2.45, 2.75) is 0 Å². The van der Waals surface area contributed by atoms with E-state index in [1.54, 1.807) is 18.2 Å². The standard InChI is InChI=1S/C9H8BrClO/c10-5-1-2-7-6-8(12)3-4-9(7)11/h1-4,6,12H,5H2. The number of aromatic hydroxyl groups is 1. The van der Waals surface area contributed by atoms with Gasteiger partial charge in [-0.2, -0.15) is 0 Å². The Morgan fingerprint density at radius 1 is 1.50 bits per heavy atom. The molecule has 1 N–H and O–H groups in total. The first kappa shape index (κ1) is 9.62. The van der Waals surface area contributed by atoms with Crippen LogP contribution in [0.5, 0.6) is 5.75 Å². The fourth-order valence-electron chi connectivity index (χ4n) is 0.830. The number of rotatable bonds is 2. The summed E-state index contributed by atoms with van der Waals surface area (Å²) in [6.07, 6.45) is 3.78. The first-order chi connectivity index (χ1) is 5.74. The SMILES string of the molecule is Oc1ccc(Cl)c(C=CCBr)c1. The van der Waals surface area contributed by atoms with Gasteiger partial charge in [0.15, 0.2) is 0 Å². The zero-order valence-electron chi connectivity index (χ0n) is 6.30. The molecule has 0 aliphatic rings. The van der Waals surface area contributed by atoms with Gasteiger partial charge < -0.3 is 5.11 Å². The molecule has 12 heavy (non-hydrogen) atoms. The van der Waals surface area contributed by atoms with Crippen LogP contribution in [0.3, 0.4) is 0 Å². The molecule has 0 spiro atoms. The van der Waals surface area contributed by atoms with Gasteiger partial charge in [0.25, 0.3) is 0 Å². The largest absolute Gasteiger partial charge is 0.508 e. The summed E-state index contributed by atoms with van der Waals surface area (Å²) in [7, 11) is 0. The maximum absolute atomic E-state index is 9.13. The maximum atomic E-state index is 9.13. The summed E-state index contributed by atoms with van der Waals surface area (Å²) >= 11 is 9.11. The lowest BCUT2D eigenvalue weighted by Crippen LogP contribution is -1.74. The molecule has 0 fully saturated rings. The van der Waals surface area contributed by atoms with E-state index in [0.29, 0.717) is 5.02 Å². The van der Waals surface area contributed by atoms with Crippen LogP contribution in [0.2, 0.25) is 5.02 Å². The highest BCUT2D eigenvalue weighted by Gasteiger charge is 1.96. The third-order valence-corrected chi connectivity index (χ3v) is 2.08. The van der Waals surface area contributed by atoms with E-state index in [0.717, 1.165) is 10.9 Å². The second kappa shape index (κ2) is 4.53. The van der Waals surface area contributed by atoms with Gasteiger partial charge in [-0.25, -0.2) is 0 Å². The van der Waals surface area contributed by atoms with Crippen LogP contribution in [0.1, 0.15) is 5.56 Å². The average Bonchev–Trinajstić information content (AvgIpc) is 2.07. The van der Waals surface area contributed by atoms with Crippen LogP contribution in [0, 0.1) is 0 Å². The van der Waals surface area contributed by atoms with Crippen molar-refractivity contribution in [3.8, 4) is 5.75 Å². The summed E-state index contributed by atoms with van der Waals surface area (Å²) in [6, 6.07) is 4.86. The van der Waals surface area contributed by atoms with E-state index < -0.39 is 0 Å². The van der Waals surface area contributed by atoms with Crippen LogP contribution in [-0.4, -0.2) is 10.4 Å². The lowest BCUT2D eigenvalue weighted by Gasteiger charge is -1.97. The highest BCUT2D eigenvalue weighted by atomic mass is 79.9. The van der Waals surface area contributed by atoms with E-state index in [2.05, 4.69) is 15.9 Å². The Morgan fingerprint density at radius 2 is 2.25 bits per heavy atom. The van der Waals surface area contributed by atoms with Gasteiger partial charge in [0.2, 0.25) is 0 Å². The van der Waals surface area contributed by atoms with Crippen molar-refractivity contribution in [3.63, 3.8) is 0 Å². The van der Waals surface area contributed by atoms with E-state index >= 15 is 0 Å². The van der Waals surface area contributed by atoms with Crippen molar-refractivity contribution in [1.82, 2.24) is 0 Å². The number of hydrogen-bond donors (Lipinski definition) is 1. The predicted octanol–water partition coefficient (Wildman–Crippen LogP) is 3.45. The van der Waals surface area contributed by atoms with Crippen molar-refractivity contribution in [1.29, 1.82) is 0 Å². The number of benzene rings is 1. The molecule has 0 atom stereocenters. The Bertz CT molecular complexity index is 297. The highest BCUT2D eigenvalue weighted by Crippen LogP contribution is 2.22. The van der Waals surface area contributed by atoms with E-state index in [-0.39, 0.29) is 5.75 Å². The van der Waals surface area contributed by atoms with Crippen LogP contribution in [0.25, 0.3) is 6.08 Å². The summed E-state index contributed by atoms with van der Waals surface area (Å²) in [5, 5.41) is 10.6. The second-order valence-corrected chi connectivity index (χ2v) is 3.32. The minimum Gasteiger partial charge on any atom is -0.508 e. The fraction of sp³-hybridized carbons (Fsp3) is 0.111. The van der Waals surface area contributed by atoms with Gasteiger partial charge in [-0.1, -0.05) is 39.7 Å². The lowest BCUT2D eigenvalue weighted by molar-refractivity contribution is 0.475. The van der Waals surface area contributed by atoms with Crippen molar-refractivity contribution in [2.75, 3.05) is 5.33 Å². The molecule has 0 aromatic heterocycles. The molecule has 0 heterocycles. The minimum absolute atomic E-state index is 0.230. The first-order valence-corrected chi connectivity index (χ1v) is 4.95. The monoisotopic (exact) mass is 246 g/mol. The van der Waals surface area contributed by atoms with Gasteiger partial charge >= 0.3 is 0 Å². The van der Waals surface area contributed by atoms with Crippen molar-refractivity contribution < 1.29 is 5.11 Å². The van der Waals surface area contributed by atoms with E-state index in [9.17, 15) is 0 Å². The molecular formula is C9H8BrClO. The molecule has 0 saturated carbocycles. The summed E-state index contributed by atoms with van der Waals surface area (Å²) in [5.74, 6) is 0.230. The number of phenolic OH excluding ortho intramolecular Hbond substituents is 1. The Morgan fingerprint density at radius 3 is 2.92 bits per heavy atom. The molecule has 0 bridgehead atoms. The minimum atomic E-state index is 0.230. The molecule has 0 radical (unpaired) electrons. The highest BCUT2D eigenvalue weighted by molar-refractivity contribution is 9.09. The quantitative estimate of drug-likeness (QED) is 0.794. The number of alkyl halides is 1. The van der Waals surface area contributed by atoms with Gasteiger partial charge in [-0.15, -0.1) is 0 Å². The number of allylic oxidation sites excluding steroid dienone is 1. The zero-order chi connectivity index (χ0) is 8.97. The molecule has 1 rings (SSSR count). The van der Waals surface area contributed by atoms with Crippen LogP contribution < -0.4 is 0 Å². The van der Waals surface area contributed by atoms with Gasteiger partial charge in [-0.3, -0.25) is 0 Å². The van der Waals surface area contributed by atoms with Crippen LogP contribution >= 0.6 is 27.5 Å². The average molecular weight is 248 g/mol. The predicted molar refractivity (Wildman–Crippen MR) is 55.9 cm³/mol. The fourth-order valence-corrected chi connectivity index (χ4v) is 1.20. The molecule has 1 nitrogen and oxygen atoms in total. The molecule has 0 unspecified atom stereocenters. The molecule has 0 saturated heterocycles. The van der Waals surface area contributed by atoms with Crippen molar-refractivity contribution >= 4 is 33.6 Å². The molecule has 64 valence electrons. The smallest absolute Gasteiger partial charge is 0.116 e. The maximum Gasteiger partial charge on any atom is 0.116 e. The Kier molecular flexibility index (Phi) is 3.63. The van der Waals surface area contributed by atoms with Crippen LogP contribution in [-0.2, 0) is 0 Å². The van der Waals surface area contributed by atoms with Crippen molar-refractivity contribution in [3.05, 3.63) is 34.9 Å². The number of phenols is 1. The molecule has 3 heteroatoms. The summed E-state index contributed by atoms with van der Waals surface area (Å²) in [4.78, 5) is 0. The lowest BCUT2D eigenvalue weighted by atomic mass is 10.2. The Balaban J connectivity index is 2.97. The Labute approximate surface area is 84.8 Å². The topological polar surface area (TPSA) is 20.2 Å². The molecule has 1 aromatic carbocycles. The number of halogens is 2.